The van der Waals surface area contributed by atoms with Crippen LogP contribution in [0.15, 0.2) is 18.2 Å². The summed E-state index contributed by atoms with van der Waals surface area (Å²) in [7, 11) is 4.73. The quantitative estimate of drug-likeness (QED) is 0.698. The lowest BCUT2D eigenvalue weighted by Gasteiger charge is -2.24. The van der Waals surface area contributed by atoms with E-state index < -0.39 is 11.6 Å². The van der Waals surface area contributed by atoms with Gasteiger partial charge in [-0.25, -0.2) is 4.79 Å². The minimum Gasteiger partial charge on any atom is -0.497 e. The maximum atomic E-state index is 12.6. The zero-order valence-corrected chi connectivity index (χ0v) is 16.5. The van der Waals surface area contributed by atoms with E-state index in [2.05, 4.69) is 5.32 Å². The van der Waals surface area contributed by atoms with Crippen LogP contribution in [-0.4, -0.2) is 61.0 Å². The molecule has 4 amide bonds. The van der Waals surface area contributed by atoms with Crippen molar-refractivity contribution in [1.82, 2.24) is 15.1 Å². The number of methoxy groups -OCH3 is 2. The van der Waals surface area contributed by atoms with E-state index in [1.165, 1.54) is 4.90 Å². The first-order chi connectivity index (χ1) is 12.8. The molecule has 0 saturated carbocycles. The maximum absolute atomic E-state index is 12.6. The predicted molar refractivity (Wildman–Crippen MR) is 99.6 cm³/mol. The number of imide groups is 1. The molecule has 8 nitrogen and oxygen atoms in total. The van der Waals surface area contributed by atoms with Crippen LogP contribution in [0, 0.1) is 0 Å². The van der Waals surface area contributed by atoms with E-state index in [0.717, 1.165) is 10.5 Å². The average Bonchev–Trinajstić information content (AvgIpc) is 2.92. The van der Waals surface area contributed by atoms with Crippen LogP contribution in [0.25, 0.3) is 0 Å². The van der Waals surface area contributed by atoms with E-state index in [9.17, 15) is 14.4 Å². The van der Waals surface area contributed by atoms with E-state index in [0.29, 0.717) is 24.3 Å². The SMILES string of the molecule is CCC1(CC)NC(=O)N(CC(=O)N(C)Cc2ccc(OC)cc2OC)C1=O. The van der Waals surface area contributed by atoms with Crippen LogP contribution in [0.2, 0.25) is 0 Å². The van der Waals surface area contributed by atoms with E-state index in [-0.39, 0.29) is 24.9 Å². The summed E-state index contributed by atoms with van der Waals surface area (Å²) in [6.45, 7) is 3.67. The van der Waals surface area contributed by atoms with Gasteiger partial charge in [-0.15, -0.1) is 0 Å². The van der Waals surface area contributed by atoms with Crippen LogP contribution in [-0.2, 0) is 16.1 Å². The molecule has 0 atom stereocenters. The first kappa shape index (κ1) is 20.5. The lowest BCUT2D eigenvalue weighted by Crippen LogP contribution is -2.46. The van der Waals surface area contributed by atoms with Gasteiger partial charge in [-0.3, -0.25) is 14.5 Å². The van der Waals surface area contributed by atoms with Crippen molar-refractivity contribution in [3.8, 4) is 11.5 Å². The van der Waals surface area contributed by atoms with Gasteiger partial charge in [-0.1, -0.05) is 13.8 Å². The number of carbonyl (C=O) groups is 3. The van der Waals surface area contributed by atoms with Crippen molar-refractivity contribution in [3.63, 3.8) is 0 Å². The number of urea groups is 1. The van der Waals surface area contributed by atoms with Crippen molar-refractivity contribution in [3.05, 3.63) is 23.8 Å². The zero-order valence-electron chi connectivity index (χ0n) is 16.5. The molecule has 1 aliphatic heterocycles. The van der Waals surface area contributed by atoms with Gasteiger partial charge in [0.15, 0.2) is 0 Å². The number of hydrogen-bond donors (Lipinski definition) is 1. The van der Waals surface area contributed by atoms with Gasteiger partial charge in [0.25, 0.3) is 5.91 Å². The summed E-state index contributed by atoms with van der Waals surface area (Å²) >= 11 is 0. The molecule has 1 aromatic carbocycles. The van der Waals surface area contributed by atoms with Crippen molar-refractivity contribution in [1.29, 1.82) is 0 Å². The molecule has 0 aliphatic carbocycles. The third-order valence-electron chi connectivity index (χ3n) is 5.07. The molecule has 8 heteroatoms. The van der Waals surface area contributed by atoms with Crippen molar-refractivity contribution in [2.45, 2.75) is 38.8 Å². The lowest BCUT2D eigenvalue weighted by molar-refractivity contribution is -0.138. The molecule has 0 bridgehead atoms. The monoisotopic (exact) mass is 377 g/mol. The minimum absolute atomic E-state index is 0.280. The molecule has 1 saturated heterocycles. The maximum Gasteiger partial charge on any atom is 0.325 e. The van der Waals surface area contributed by atoms with Crippen LogP contribution in [0.3, 0.4) is 0 Å². The van der Waals surface area contributed by atoms with Crippen molar-refractivity contribution >= 4 is 17.8 Å². The van der Waals surface area contributed by atoms with Crippen molar-refractivity contribution in [2.24, 2.45) is 0 Å². The van der Waals surface area contributed by atoms with Crippen LogP contribution >= 0.6 is 0 Å². The molecule has 0 aromatic heterocycles. The second kappa shape index (κ2) is 8.28. The van der Waals surface area contributed by atoms with E-state index in [1.807, 2.05) is 19.9 Å². The third kappa shape index (κ3) is 3.99. The summed E-state index contributed by atoms with van der Waals surface area (Å²) in [5, 5.41) is 2.72. The summed E-state index contributed by atoms with van der Waals surface area (Å²) in [4.78, 5) is 39.9. The molecule has 1 aromatic rings. The normalized spacial score (nSPS) is 15.5. The Morgan fingerprint density at radius 1 is 1.19 bits per heavy atom. The standard InChI is InChI=1S/C19H27N3O5/c1-6-19(7-2)17(24)22(18(25)20-19)12-16(23)21(3)11-13-8-9-14(26-4)10-15(13)27-5/h8-10H,6-7,11-12H2,1-5H3,(H,20,25). The molecule has 2 rings (SSSR count). The molecule has 0 radical (unpaired) electrons. The van der Waals surface area contributed by atoms with E-state index in [1.54, 1.807) is 33.4 Å². The van der Waals surface area contributed by atoms with Gasteiger partial charge in [0, 0.05) is 25.2 Å². The van der Waals surface area contributed by atoms with E-state index in [4.69, 9.17) is 9.47 Å². The van der Waals surface area contributed by atoms with E-state index >= 15 is 0 Å². The number of carbonyl (C=O) groups excluding carboxylic acids is 3. The van der Waals surface area contributed by atoms with Crippen LogP contribution < -0.4 is 14.8 Å². The second-order valence-electron chi connectivity index (χ2n) is 6.54. The fraction of sp³-hybridized carbons (Fsp3) is 0.526. The Labute approximate surface area is 159 Å². The number of amides is 4. The van der Waals surface area contributed by atoms with Gasteiger partial charge in [0.1, 0.15) is 23.6 Å². The number of ether oxygens (including phenoxy) is 2. The molecule has 0 spiro atoms. The summed E-state index contributed by atoms with van der Waals surface area (Å²) in [6, 6.07) is 4.81. The van der Waals surface area contributed by atoms with Crippen LogP contribution in [0.4, 0.5) is 4.79 Å². The molecular weight excluding hydrogens is 350 g/mol. The number of benzene rings is 1. The molecule has 27 heavy (non-hydrogen) atoms. The molecule has 1 aliphatic rings. The number of nitrogens with zero attached hydrogens (tertiary/aromatic N) is 2. The lowest BCUT2D eigenvalue weighted by atomic mass is 9.93. The Balaban J connectivity index is 2.08. The van der Waals surface area contributed by atoms with Gasteiger partial charge < -0.3 is 19.7 Å². The predicted octanol–water partition coefficient (Wildman–Crippen LogP) is 1.77. The first-order valence-corrected chi connectivity index (χ1v) is 8.90. The highest BCUT2D eigenvalue weighted by molar-refractivity contribution is 6.08. The van der Waals surface area contributed by atoms with Crippen molar-refractivity contribution in [2.75, 3.05) is 27.8 Å². The van der Waals surface area contributed by atoms with Gasteiger partial charge >= 0.3 is 6.03 Å². The molecule has 0 unspecified atom stereocenters. The topological polar surface area (TPSA) is 88.2 Å². The number of rotatable bonds is 8. The summed E-state index contributed by atoms with van der Waals surface area (Å²) in [5.74, 6) is 0.569. The molecule has 1 N–H and O–H groups in total. The van der Waals surface area contributed by atoms with Crippen LogP contribution in [0.1, 0.15) is 32.3 Å². The zero-order chi connectivity index (χ0) is 20.2. The Morgan fingerprint density at radius 3 is 2.37 bits per heavy atom. The smallest absolute Gasteiger partial charge is 0.325 e. The fourth-order valence-electron chi connectivity index (χ4n) is 3.13. The highest BCUT2D eigenvalue weighted by Crippen LogP contribution is 2.27. The van der Waals surface area contributed by atoms with Gasteiger partial charge in [-0.05, 0) is 25.0 Å². The second-order valence-corrected chi connectivity index (χ2v) is 6.54. The highest BCUT2D eigenvalue weighted by atomic mass is 16.5. The summed E-state index contributed by atoms with van der Waals surface area (Å²) in [5.41, 5.74) is -0.113. The van der Waals surface area contributed by atoms with Crippen molar-refractivity contribution < 1.29 is 23.9 Å². The Kier molecular flexibility index (Phi) is 6.30. The van der Waals surface area contributed by atoms with Gasteiger partial charge in [0.2, 0.25) is 5.91 Å². The Bertz CT molecular complexity index is 730. The van der Waals surface area contributed by atoms with Gasteiger partial charge in [0.05, 0.1) is 14.2 Å². The Hall–Kier alpha value is -2.77. The Morgan fingerprint density at radius 2 is 1.85 bits per heavy atom. The molecule has 1 fully saturated rings. The largest absolute Gasteiger partial charge is 0.497 e. The highest BCUT2D eigenvalue weighted by Gasteiger charge is 2.49. The summed E-state index contributed by atoms with van der Waals surface area (Å²) < 4.78 is 10.5. The first-order valence-electron chi connectivity index (χ1n) is 8.90. The molecule has 1 heterocycles. The molecular formula is C19H27N3O5. The number of nitrogens with one attached hydrogen (secondary N) is 1. The summed E-state index contributed by atoms with van der Waals surface area (Å²) in [6.07, 6.45) is 0.968. The number of hydrogen-bond acceptors (Lipinski definition) is 5. The average molecular weight is 377 g/mol. The van der Waals surface area contributed by atoms with Gasteiger partial charge in [-0.2, -0.15) is 0 Å². The van der Waals surface area contributed by atoms with Crippen LogP contribution in [0.5, 0.6) is 11.5 Å². The third-order valence-corrected chi connectivity index (χ3v) is 5.07. The minimum atomic E-state index is -0.908. The molecule has 148 valence electrons. The fourth-order valence-corrected chi connectivity index (χ4v) is 3.13. The number of likely N-dealkylation sites (N-methyl/N-ethyl adjacent to an activating group) is 1.